The van der Waals surface area contributed by atoms with Crippen LogP contribution in [0, 0.1) is 5.82 Å². The lowest BCUT2D eigenvalue weighted by atomic mass is 10.1. The van der Waals surface area contributed by atoms with Gasteiger partial charge in [0.1, 0.15) is 18.2 Å². The first kappa shape index (κ1) is 21.4. The average Bonchev–Trinajstić information content (AvgIpc) is 3.17. The van der Waals surface area contributed by atoms with Crippen molar-refractivity contribution < 1.29 is 13.9 Å². The Bertz CT molecular complexity index is 1180. The number of rotatable bonds is 8. The molecular formula is C23H20FN5O2S. The first-order chi connectivity index (χ1) is 15.6. The van der Waals surface area contributed by atoms with Gasteiger partial charge in [-0.3, -0.25) is 4.79 Å². The summed E-state index contributed by atoms with van der Waals surface area (Å²) in [6, 6.07) is 22.4. The highest BCUT2D eigenvalue weighted by Crippen LogP contribution is 2.22. The molecule has 162 valence electrons. The van der Waals surface area contributed by atoms with Crippen LogP contribution in [0.4, 0.5) is 10.1 Å². The van der Waals surface area contributed by atoms with E-state index in [9.17, 15) is 9.18 Å². The van der Waals surface area contributed by atoms with Gasteiger partial charge in [0.25, 0.3) is 5.91 Å². The van der Waals surface area contributed by atoms with E-state index in [0.29, 0.717) is 28.0 Å². The number of amides is 1. The summed E-state index contributed by atoms with van der Waals surface area (Å²) in [5.74, 6) is 7.14. The lowest BCUT2D eigenvalue weighted by molar-refractivity contribution is 0.102. The third-order valence-electron chi connectivity index (χ3n) is 4.53. The summed E-state index contributed by atoms with van der Waals surface area (Å²) in [5, 5.41) is 11.5. The number of nitrogen functional groups attached to an aromatic ring is 1. The molecule has 0 aliphatic rings. The maximum atomic E-state index is 13.0. The molecule has 0 aliphatic heterocycles. The molecule has 4 aromatic rings. The Labute approximate surface area is 188 Å². The number of aromatic nitrogens is 3. The van der Waals surface area contributed by atoms with Crippen LogP contribution in [0.25, 0.3) is 0 Å². The lowest BCUT2D eigenvalue weighted by Gasteiger charge is -2.07. The summed E-state index contributed by atoms with van der Waals surface area (Å²) in [6.07, 6.45) is 0. The molecule has 1 heterocycles. The highest BCUT2D eigenvalue weighted by atomic mass is 32.2. The van der Waals surface area contributed by atoms with Crippen molar-refractivity contribution in [3.63, 3.8) is 0 Å². The third-order valence-corrected chi connectivity index (χ3v) is 5.55. The van der Waals surface area contributed by atoms with Crippen LogP contribution in [0.3, 0.4) is 0 Å². The third kappa shape index (κ3) is 5.44. The Balaban J connectivity index is 1.30. The Morgan fingerprint density at radius 1 is 1.00 bits per heavy atom. The zero-order valence-corrected chi connectivity index (χ0v) is 17.8. The van der Waals surface area contributed by atoms with Gasteiger partial charge in [-0.25, -0.2) is 9.07 Å². The van der Waals surface area contributed by atoms with Gasteiger partial charge in [0.2, 0.25) is 5.16 Å². The molecule has 0 bridgehead atoms. The average molecular weight is 450 g/mol. The van der Waals surface area contributed by atoms with Gasteiger partial charge in [0.05, 0.1) is 0 Å². The topological polar surface area (TPSA) is 95.1 Å². The largest absolute Gasteiger partial charge is 0.486 e. The number of halogens is 1. The SMILES string of the molecule is Nn1c(COc2ccc(F)cc2)nnc1SCc1ccc(C(=O)Nc2ccccc2)cc1. The van der Waals surface area contributed by atoms with Crippen molar-refractivity contribution in [1.82, 2.24) is 14.9 Å². The summed E-state index contributed by atoms with van der Waals surface area (Å²) in [6.45, 7) is 0.112. The lowest BCUT2D eigenvalue weighted by Crippen LogP contribution is -2.15. The van der Waals surface area contributed by atoms with Crippen molar-refractivity contribution >= 4 is 23.4 Å². The summed E-state index contributed by atoms with van der Waals surface area (Å²) in [4.78, 5) is 12.3. The number of thioether (sulfide) groups is 1. The minimum Gasteiger partial charge on any atom is -0.486 e. The van der Waals surface area contributed by atoms with Crippen LogP contribution in [0.1, 0.15) is 21.7 Å². The molecule has 1 amide bonds. The minimum atomic E-state index is -0.331. The van der Waals surface area contributed by atoms with E-state index < -0.39 is 0 Å². The molecule has 0 spiro atoms. The number of nitrogens with one attached hydrogen (secondary N) is 1. The molecular weight excluding hydrogens is 429 g/mol. The Hall–Kier alpha value is -3.85. The van der Waals surface area contributed by atoms with Crippen molar-refractivity contribution in [2.45, 2.75) is 17.5 Å². The van der Waals surface area contributed by atoms with E-state index in [1.165, 1.54) is 40.7 Å². The van der Waals surface area contributed by atoms with E-state index in [-0.39, 0.29) is 18.3 Å². The summed E-state index contributed by atoms with van der Waals surface area (Å²) < 4.78 is 19.9. The molecule has 3 N–H and O–H groups in total. The second-order valence-electron chi connectivity index (χ2n) is 6.82. The number of hydrogen-bond acceptors (Lipinski definition) is 6. The number of hydrogen-bond donors (Lipinski definition) is 2. The molecule has 0 atom stereocenters. The molecule has 0 unspecified atom stereocenters. The number of carbonyl (C=O) groups excluding carboxylic acids is 1. The number of benzene rings is 3. The van der Waals surface area contributed by atoms with E-state index in [0.717, 1.165) is 11.3 Å². The van der Waals surface area contributed by atoms with Gasteiger partial charge >= 0.3 is 0 Å². The highest BCUT2D eigenvalue weighted by molar-refractivity contribution is 7.98. The van der Waals surface area contributed by atoms with Gasteiger partial charge < -0.3 is 15.9 Å². The standard InChI is InChI=1S/C23H20FN5O2S/c24-18-10-12-20(13-11-18)31-14-21-27-28-23(29(21)25)32-15-16-6-8-17(9-7-16)22(30)26-19-4-2-1-3-5-19/h1-13H,14-15,25H2,(H,26,30). The maximum absolute atomic E-state index is 13.0. The molecule has 9 heteroatoms. The normalized spacial score (nSPS) is 10.7. The van der Waals surface area contributed by atoms with Crippen LogP contribution in [0.5, 0.6) is 5.75 Å². The van der Waals surface area contributed by atoms with Gasteiger partial charge in [-0.15, -0.1) is 10.2 Å². The minimum absolute atomic E-state index is 0.112. The quantitative estimate of drug-likeness (QED) is 0.308. The van der Waals surface area contributed by atoms with E-state index in [4.69, 9.17) is 10.6 Å². The predicted molar refractivity (Wildman–Crippen MR) is 121 cm³/mol. The van der Waals surface area contributed by atoms with E-state index in [2.05, 4.69) is 15.5 Å². The fourth-order valence-electron chi connectivity index (χ4n) is 2.81. The smallest absolute Gasteiger partial charge is 0.255 e. The van der Waals surface area contributed by atoms with Crippen molar-refractivity contribution in [2.75, 3.05) is 11.2 Å². The van der Waals surface area contributed by atoms with Crippen LogP contribution in [0.15, 0.2) is 84.0 Å². The molecule has 7 nitrogen and oxygen atoms in total. The molecule has 4 rings (SSSR count). The van der Waals surface area contributed by atoms with Crippen LogP contribution in [-0.4, -0.2) is 20.8 Å². The number of para-hydroxylation sites is 1. The number of ether oxygens (including phenoxy) is 1. The number of carbonyl (C=O) groups is 1. The summed E-state index contributed by atoms with van der Waals surface area (Å²) in [5.41, 5.74) is 2.34. The number of nitrogens with two attached hydrogens (primary N) is 1. The molecule has 0 fully saturated rings. The van der Waals surface area contributed by atoms with Gasteiger partial charge in [0, 0.05) is 17.0 Å². The fourth-order valence-corrected chi connectivity index (χ4v) is 3.64. The van der Waals surface area contributed by atoms with Crippen LogP contribution in [0.2, 0.25) is 0 Å². The monoisotopic (exact) mass is 449 g/mol. The predicted octanol–water partition coefficient (Wildman–Crippen LogP) is 4.25. The van der Waals surface area contributed by atoms with Crippen LogP contribution in [-0.2, 0) is 12.4 Å². The Kier molecular flexibility index (Phi) is 6.66. The number of nitrogens with zero attached hydrogens (tertiary/aromatic N) is 3. The van der Waals surface area contributed by atoms with Gasteiger partial charge in [-0.1, -0.05) is 42.1 Å². The number of anilines is 1. The van der Waals surface area contributed by atoms with Gasteiger partial charge in [-0.2, -0.15) is 0 Å². The first-order valence-electron chi connectivity index (χ1n) is 9.74. The van der Waals surface area contributed by atoms with Crippen LogP contribution < -0.4 is 15.9 Å². The molecule has 0 aliphatic carbocycles. The van der Waals surface area contributed by atoms with Crippen molar-refractivity contribution in [1.29, 1.82) is 0 Å². The molecule has 0 saturated carbocycles. The molecule has 0 saturated heterocycles. The van der Waals surface area contributed by atoms with E-state index >= 15 is 0 Å². The van der Waals surface area contributed by atoms with Crippen molar-refractivity contribution in [3.05, 3.63) is 102 Å². The second-order valence-corrected chi connectivity index (χ2v) is 7.76. The Morgan fingerprint density at radius 2 is 1.72 bits per heavy atom. The molecule has 0 radical (unpaired) electrons. The molecule has 3 aromatic carbocycles. The molecule has 1 aromatic heterocycles. The fraction of sp³-hybridized carbons (Fsp3) is 0.0870. The van der Waals surface area contributed by atoms with Gasteiger partial charge in [0.15, 0.2) is 5.82 Å². The van der Waals surface area contributed by atoms with Crippen molar-refractivity contribution in [2.24, 2.45) is 0 Å². The summed E-state index contributed by atoms with van der Waals surface area (Å²) >= 11 is 1.42. The highest BCUT2D eigenvalue weighted by Gasteiger charge is 2.12. The van der Waals surface area contributed by atoms with Gasteiger partial charge in [-0.05, 0) is 54.1 Å². The second kappa shape index (κ2) is 9.97. The van der Waals surface area contributed by atoms with E-state index in [1.54, 1.807) is 12.1 Å². The zero-order valence-electron chi connectivity index (χ0n) is 16.9. The molecule has 32 heavy (non-hydrogen) atoms. The first-order valence-corrected chi connectivity index (χ1v) is 10.7. The maximum Gasteiger partial charge on any atom is 0.255 e. The Morgan fingerprint density at radius 3 is 2.44 bits per heavy atom. The van der Waals surface area contributed by atoms with Crippen molar-refractivity contribution in [3.8, 4) is 5.75 Å². The summed E-state index contributed by atoms with van der Waals surface area (Å²) in [7, 11) is 0. The zero-order chi connectivity index (χ0) is 22.3. The van der Waals surface area contributed by atoms with E-state index in [1.807, 2.05) is 42.5 Å². The van der Waals surface area contributed by atoms with Crippen LogP contribution >= 0.6 is 11.8 Å².